The molecule has 0 saturated heterocycles. The van der Waals surface area contributed by atoms with Crippen LogP contribution in [-0.2, 0) is 23.9 Å². The zero-order valence-corrected chi connectivity index (χ0v) is 27.7. The molecule has 43 heavy (non-hydrogen) atoms. The molecular weight excluding hydrogens is 556 g/mol. The van der Waals surface area contributed by atoms with Crippen LogP contribution in [0.5, 0.6) is 0 Å². The summed E-state index contributed by atoms with van der Waals surface area (Å²) in [6, 6.07) is -4.68. The van der Waals surface area contributed by atoms with E-state index < -0.39 is 65.7 Å². The molecule has 0 spiro atoms. The maximum atomic E-state index is 13.3. The highest BCUT2D eigenvalue weighted by Gasteiger charge is 2.34. The monoisotopic (exact) mass is 614 g/mol. The van der Waals surface area contributed by atoms with Crippen molar-refractivity contribution in [1.29, 1.82) is 0 Å². The SMILES string of the molecule is CCCCCCCC[C@@H](NC(=O)[C@@H](CC(C)C)NC(=O)[C@@H](NC(=O)[C@@H](CC(C)C)NC(=O)OC(C)(C)C)[C@@H](C)O)C(=O)O. The van der Waals surface area contributed by atoms with Crippen LogP contribution >= 0.6 is 0 Å². The van der Waals surface area contributed by atoms with Crippen LogP contribution in [0.3, 0.4) is 0 Å². The molecule has 4 amide bonds. The third-order valence-electron chi connectivity index (χ3n) is 6.58. The van der Waals surface area contributed by atoms with Gasteiger partial charge in [0, 0.05) is 0 Å². The van der Waals surface area contributed by atoms with E-state index >= 15 is 0 Å². The van der Waals surface area contributed by atoms with E-state index in [2.05, 4.69) is 28.2 Å². The Morgan fingerprint density at radius 2 is 1.14 bits per heavy atom. The molecule has 0 aliphatic rings. The number of carbonyl (C=O) groups is 5. The molecule has 0 aliphatic carbocycles. The highest BCUT2D eigenvalue weighted by atomic mass is 16.6. The number of nitrogens with one attached hydrogen (secondary N) is 4. The number of rotatable bonds is 20. The molecule has 12 heteroatoms. The molecule has 0 aliphatic heterocycles. The first-order valence-corrected chi connectivity index (χ1v) is 15.7. The van der Waals surface area contributed by atoms with E-state index in [-0.39, 0.29) is 31.1 Å². The second-order valence-electron chi connectivity index (χ2n) is 13.2. The summed E-state index contributed by atoms with van der Waals surface area (Å²) in [5, 5.41) is 30.2. The largest absolute Gasteiger partial charge is 0.480 e. The van der Waals surface area contributed by atoms with Crippen molar-refractivity contribution in [3.8, 4) is 0 Å². The zero-order valence-electron chi connectivity index (χ0n) is 27.7. The summed E-state index contributed by atoms with van der Waals surface area (Å²) >= 11 is 0. The molecule has 0 saturated carbocycles. The molecule has 0 heterocycles. The van der Waals surface area contributed by atoms with Gasteiger partial charge in [-0.25, -0.2) is 9.59 Å². The lowest BCUT2D eigenvalue weighted by Gasteiger charge is -2.28. The fourth-order valence-corrected chi connectivity index (χ4v) is 4.43. The van der Waals surface area contributed by atoms with Gasteiger partial charge in [0.15, 0.2) is 0 Å². The maximum Gasteiger partial charge on any atom is 0.408 e. The number of hydrogen-bond donors (Lipinski definition) is 6. The van der Waals surface area contributed by atoms with Gasteiger partial charge in [-0.05, 0) is 58.8 Å². The van der Waals surface area contributed by atoms with Crippen LogP contribution in [0, 0.1) is 11.8 Å². The molecule has 0 rings (SSSR count). The Kier molecular flexibility index (Phi) is 18.8. The van der Waals surface area contributed by atoms with Gasteiger partial charge >= 0.3 is 12.1 Å². The summed E-state index contributed by atoms with van der Waals surface area (Å²) in [6.45, 7) is 15.9. The molecule has 5 atom stereocenters. The molecule has 0 bridgehead atoms. The van der Waals surface area contributed by atoms with Crippen molar-refractivity contribution < 1.29 is 38.9 Å². The van der Waals surface area contributed by atoms with E-state index in [4.69, 9.17) is 4.74 Å². The number of carbonyl (C=O) groups excluding carboxylic acids is 4. The van der Waals surface area contributed by atoms with Crippen LogP contribution in [0.1, 0.15) is 120 Å². The summed E-state index contributed by atoms with van der Waals surface area (Å²) < 4.78 is 5.27. The first-order valence-electron chi connectivity index (χ1n) is 15.7. The normalized spacial score (nSPS) is 15.2. The van der Waals surface area contributed by atoms with Crippen molar-refractivity contribution in [2.75, 3.05) is 0 Å². The number of carboxylic acid groups (broad SMARTS) is 1. The quantitative estimate of drug-likeness (QED) is 0.112. The molecule has 250 valence electrons. The minimum Gasteiger partial charge on any atom is -0.480 e. The first-order chi connectivity index (χ1) is 19.9. The number of unbranched alkanes of at least 4 members (excludes halogenated alkanes) is 5. The van der Waals surface area contributed by atoms with Gasteiger partial charge in [-0.15, -0.1) is 0 Å². The Labute approximate surface area is 257 Å². The minimum absolute atomic E-state index is 0.00199. The van der Waals surface area contributed by atoms with Crippen LogP contribution in [-0.4, -0.2) is 75.9 Å². The number of aliphatic hydroxyl groups is 1. The van der Waals surface area contributed by atoms with Gasteiger partial charge in [-0.1, -0.05) is 73.1 Å². The average molecular weight is 615 g/mol. The maximum absolute atomic E-state index is 13.3. The Morgan fingerprint density at radius 3 is 1.60 bits per heavy atom. The van der Waals surface area contributed by atoms with Crippen molar-refractivity contribution in [2.45, 2.75) is 156 Å². The highest BCUT2D eigenvalue weighted by molar-refractivity contribution is 5.95. The Bertz CT molecular complexity index is 886. The molecule has 0 aromatic rings. The number of aliphatic carboxylic acids is 1. The van der Waals surface area contributed by atoms with Gasteiger partial charge in [0.1, 0.15) is 29.8 Å². The van der Waals surface area contributed by atoms with Gasteiger partial charge < -0.3 is 36.2 Å². The lowest BCUT2D eigenvalue weighted by atomic mass is 10.00. The summed E-state index contributed by atoms with van der Waals surface area (Å²) in [6.07, 6.45) is 4.40. The molecule has 0 radical (unpaired) electrons. The van der Waals surface area contributed by atoms with E-state index in [9.17, 15) is 34.2 Å². The summed E-state index contributed by atoms with van der Waals surface area (Å²) in [5.74, 6) is -3.35. The summed E-state index contributed by atoms with van der Waals surface area (Å²) in [7, 11) is 0. The highest BCUT2D eigenvalue weighted by Crippen LogP contribution is 2.13. The van der Waals surface area contributed by atoms with Crippen molar-refractivity contribution >= 4 is 29.8 Å². The van der Waals surface area contributed by atoms with Crippen LogP contribution in [0.2, 0.25) is 0 Å². The molecule has 0 aromatic carbocycles. The Balaban J connectivity index is 5.60. The third kappa shape index (κ3) is 18.4. The number of aliphatic hydroxyl groups excluding tert-OH is 1. The van der Waals surface area contributed by atoms with E-state index in [0.29, 0.717) is 6.42 Å². The van der Waals surface area contributed by atoms with Gasteiger partial charge in [0.25, 0.3) is 0 Å². The van der Waals surface area contributed by atoms with Gasteiger partial charge in [0.2, 0.25) is 17.7 Å². The molecule has 0 unspecified atom stereocenters. The predicted octanol–water partition coefficient (Wildman–Crippen LogP) is 3.64. The number of ether oxygens (including phenoxy) is 1. The number of amides is 4. The standard InChI is InChI=1S/C31H58N4O8/c1-10-11-12-13-14-15-16-22(29(40)41)32-26(37)23(17-19(2)3)33-28(39)25(21(6)36)35-27(38)24(18-20(4)5)34-30(42)43-31(7,8)9/h19-25,36H,10-18H2,1-9H3,(H,32,37)(H,33,39)(H,34,42)(H,35,38)(H,40,41)/t21-,22-,23-,24-,25+/m1/s1. The molecule has 6 N–H and O–H groups in total. The van der Waals surface area contributed by atoms with Gasteiger partial charge in [-0.3, -0.25) is 14.4 Å². The van der Waals surface area contributed by atoms with Crippen LogP contribution < -0.4 is 21.3 Å². The second kappa shape index (κ2) is 20.1. The molecule has 0 fully saturated rings. The number of carboxylic acids is 1. The summed E-state index contributed by atoms with van der Waals surface area (Å²) in [5.41, 5.74) is -0.786. The Hall–Kier alpha value is -2.89. The fourth-order valence-electron chi connectivity index (χ4n) is 4.43. The minimum atomic E-state index is -1.44. The van der Waals surface area contributed by atoms with Crippen LogP contribution in [0.15, 0.2) is 0 Å². The van der Waals surface area contributed by atoms with Crippen molar-refractivity contribution in [2.24, 2.45) is 11.8 Å². The lowest BCUT2D eigenvalue weighted by molar-refractivity contribution is -0.142. The fraction of sp³-hybridized carbons (Fsp3) is 0.839. The van der Waals surface area contributed by atoms with E-state index in [1.54, 1.807) is 20.8 Å². The topological polar surface area (TPSA) is 183 Å². The predicted molar refractivity (Wildman–Crippen MR) is 165 cm³/mol. The lowest BCUT2D eigenvalue weighted by Crippen LogP contribution is -2.60. The molecule has 12 nitrogen and oxygen atoms in total. The number of hydrogen-bond acceptors (Lipinski definition) is 7. The van der Waals surface area contributed by atoms with E-state index in [0.717, 1.165) is 32.1 Å². The number of alkyl carbamates (subject to hydrolysis) is 1. The smallest absolute Gasteiger partial charge is 0.408 e. The van der Waals surface area contributed by atoms with Crippen LogP contribution in [0.25, 0.3) is 0 Å². The second-order valence-corrected chi connectivity index (χ2v) is 13.2. The summed E-state index contributed by atoms with van der Waals surface area (Å²) in [4.78, 5) is 63.9. The first kappa shape index (κ1) is 40.1. The average Bonchev–Trinajstić information content (AvgIpc) is 2.85. The van der Waals surface area contributed by atoms with Crippen LogP contribution in [0.4, 0.5) is 4.79 Å². The van der Waals surface area contributed by atoms with Crippen molar-refractivity contribution in [3.05, 3.63) is 0 Å². The van der Waals surface area contributed by atoms with Gasteiger partial charge in [-0.2, -0.15) is 0 Å². The Morgan fingerprint density at radius 1 is 0.674 bits per heavy atom. The van der Waals surface area contributed by atoms with Crippen molar-refractivity contribution in [3.63, 3.8) is 0 Å². The molecule has 0 aromatic heterocycles. The zero-order chi connectivity index (χ0) is 33.3. The van der Waals surface area contributed by atoms with Gasteiger partial charge in [0.05, 0.1) is 6.10 Å². The van der Waals surface area contributed by atoms with E-state index in [1.807, 2.05) is 27.7 Å². The third-order valence-corrected chi connectivity index (χ3v) is 6.58. The van der Waals surface area contributed by atoms with E-state index in [1.165, 1.54) is 6.92 Å². The van der Waals surface area contributed by atoms with Crippen molar-refractivity contribution in [1.82, 2.24) is 21.3 Å². The molecular formula is C31H58N4O8.